The summed E-state index contributed by atoms with van der Waals surface area (Å²) < 4.78 is 0.984. The van der Waals surface area contributed by atoms with Gasteiger partial charge in [-0.1, -0.05) is 17.8 Å². The first-order chi connectivity index (χ1) is 24.2. The van der Waals surface area contributed by atoms with Crippen molar-refractivity contribution in [3.05, 3.63) is 35.0 Å². The number of tetrazole rings is 1. The fraction of sp³-hybridized carbons (Fsp3) is 0.370. The van der Waals surface area contributed by atoms with Crippen LogP contribution in [0.4, 0.5) is 4.79 Å². The number of aliphatic carboxylic acids is 2. The van der Waals surface area contributed by atoms with Gasteiger partial charge in [0, 0.05) is 31.1 Å². The molecule has 51 heavy (non-hydrogen) atoms. The van der Waals surface area contributed by atoms with Gasteiger partial charge >= 0.3 is 29.8 Å². The molecule has 3 aliphatic rings. The van der Waals surface area contributed by atoms with E-state index >= 15 is 0 Å². The van der Waals surface area contributed by atoms with Gasteiger partial charge in [-0.2, -0.15) is 0 Å². The standard InChI is InChI=1S/C27H28N10O12S2/c1-2-34-5-6-35(21(45)20(34)44)25(49)29-17(12-3-4-14(39)15(40)7-12)19(43)30-27(28-11-38)23(48)37-18(22(46)47)13(9-50-24(27)37)10-51-26-31-32-33-36(26)8-16(41)42/h3-4,7,11,17,24,39-40H,2,5-6,8-10H2,1H3,(H,28,38)(H,29,49)(H,30,43)(H,41,42)(H,46,47)/t17?,24-,27+/m0/s1. The van der Waals surface area contributed by atoms with Crippen LogP contribution in [0.15, 0.2) is 34.6 Å². The van der Waals surface area contributed by atoms with E-state index in [1.54, 1.807) is 6.92 Å². The van der Waals surface area contributed by atoms with E-state index in [1.165, 1.54) is 4.90 Å². The number of likely N-dealkylation sites (N-methyl/N-ethyl adjacent to an activating group) is 1. The van der Waals surface area contributed by atoms with Crippen molar-refractivity contribution in [2.45, 2.75) is 35.7 Å². The largest absolute Gasteiger partial charge is 0.504 e. The summed E-state index contributed by atoms with van der Waals surface area (Å²) in [6, 6.07) is 0.0783. The molecule has 0 saturated carbocycles. The van der Waals surface area contributed by atoms with E-state index in [-0.39, 0.29) is 53.8 Å². The monoisotopic (exact) mass is 748 g/mol. The lowest BCUT2D eigenvalue weighted by atomic mass is 9.94. The molecular weight excluding hydrogens is 720 g/mol. The molecule has 7 amide bonds. The van der Waals surface area contributed by atoms with Crippen LogP contribution in [0.3, 0.4) is 0 Å². The lowest BCUT2D eigenvalue weighted by Gasteiger charge is -2.56. The third-order valence-corrected chi connectivity index (χ3v) is 10.4. The summed E-state index contributed by atoms with van der Waals surface area (Å²) in [5, 5.41) is 55.6. The number of fused-ring (bicyclic) bond motifs is 1. The molecule has 1 aromatic heterocycles. The van der Waals surface area contributed by atoms with Crippen molar-refractivity contribution >= 4 is 71.5 Å². The number of carbonyl (C=O) groups excluding carboxylic acids is 6. The molecule has 1 unspecified atom stereocenters. The van der Waals surface area contributed by atoms with Gasteiger partial charge in [0.15, 0.2) is 11.5 Å². The number of carboxylic acids is 2. The SMILES string of the molecule is CCN1CCN(C(=O)NC(C(=O)N[C@]2(NC=O)C(=O)N3C(C(=O)O)=C(CSc4nnnn4CC(=O)O)CS[C@H]32)c2ccc(O)c(O)c2)C(=O)C1=O. The minimum atomic E-state index is -2.26. The zero-order chi connectivity index (χ0) is 37.2. The number of benzene rings is 1. The van der Waals surface area contributed by atoms with Crippen LogP contribution in [0.1, 0.15) is 18.5 Å². The minimum absolute atomic E-state index is 0.0141. The van der Waals surface area contributed by atoms with Crippen LogP contribution < -0.4 is 16.0 Å². The lowest BCUT2D eigenvalue weighted by molar-refractivity contribution is -0.163. The van der Waals surface area contributed by atoms with Crippen molar-refractivity contribution < 1.29 is 58.8 Å². The van der Waals surface area contributed by atoms with Gasteiger partial charge in [-0.25, -0.2) is 14.3 Å². The first-order valence-corrected chi connectivity index (χ1v) is 16.7. The Morgan fingerprint density at radius 1 is 1.12 bits per heavy atom. The number of aromatic hydroxyl groups is 2. The maximum atomic E-state index is 13.9. The molecule has 0 spiro atoms. The molecule has 2 aromatic rings. The molecule has 5 rings (SSSR count). The summed E-state index contributed by atoms with van der Waals surface area (Å²) in [5.74, 6) is -8.53. The molecule has 2 fully saturated rings. The van der Waals surface area contributed by atoms with E-state index in [1.807, 2.05) is 0 Å². The Bertz CT molecular complexity index is 1870. The van der Waals surface area contributed by atoms with Gasteiger partial charge in [0.2, 0.25) is 23.1 Å². The molecule has 1 aromatic carbocycles. The average Bonchev–Trinajstić information content (AvgIpc) is 3.53. The number of carbonyl (C=O) groups is 8. The Kier molecular flexibility index (Phi) is 10.4. The summed E-state index contributed by atoms with van der Waals surface area (Å²) in [4.78, 5) is 104. The second-order valence-electron chi connectivity index (χ2n) is 10.9. The van der Waals surface area contributed by atoms with Crippen molar-refractivity contribution in [1.29, 1.82) is 0 Å². The van der Waals surface area contributed by atoms with Gasteiger partial charge in [0.1, 0.15) is 23.7 Å². The average molecular weight is 749 g/mol. The van der Waals surface area contributed by atoms with Crippen molar-refractivity contribution in [3.8, 4) is 11.5 Å². The Labute approximate surface area is 294 Å². The van der Waals surface area contributed by atoms with Crippen molar-refractivity contribution in [3.63, 3.8) is 0 Å². The van der Waals surface area contributed by atoms with Crippen LogP contribution in [0.2, 0.25) is 0 Å². The molecule has 0 radical (unpaired) electrons. The number of hydrogen-bond acceptors (Lipinski definition) is 15. The number of aromatic nitrogens is 4. The fourth-order valence-corrected chi connectivity index (χ4v) is 7.89. The van der Waals surface area contributed by atoms with Crippen LogP contribution >= 0.6 is 23.5 Å². The summed E-state index contributed by atoms with van der Waals surface area (Å²) >= 11 is 1.88. The van der Waals surface area contributed by atoms with E-state index in [2.05, 4.69) is 31.5 Å². The quantitative estimate of drug-likeness (QED) is 0.0272. The highest BCUT2D eigenvalue weighted by Crippen LogP contribution is 2.46. The van der Waals surface area contributed by atoms with Crippen LogP contribution in [0, 0.1) is 0 Å². The number of thioether (sulfide) groups is 2. The molecule has 4 heterocycles. The van der Waals surface area contributed by atoms with Crippen molar-refractivity contribution in [2.24, 2.45) is 0 Å². The number of nitrogens with zero attached hydrogens (tertiary/aromatic N) is 7. The van der Waals surface area contributed by atoms with Gasteiger partial charge in [0.05, 0.1) is 0 Å². The normalized spacial score (nSPS) is 20.7. The first-order valence-electron chi connectivity index (χ1n) is 14.7. The number of carboxylic acid groups (broad SMARTS) is 2. The number of β-lactam (4-membered cyclic amide) rings is 1. The zero-order valence-corrected chi connectivity index (χ0v) is 27.8. The molecule has 0 aliphatic carbocycles. The van der Waals surface area contributed by atoms with E-state index in [0.29, 0.717) is 4.90 Å². The van der Waals surface area contributed by atoms with Crippen LogP contribution in [-0.2, 0) is 40.1 Å². The number of piperazine rings is 1. The number of phenolic OH excluding ortho intramolecular Hbond substituents is 2. The molecule has 3 aliphatic heterocycles. The third-order valence-electron chi connectivity index (χ3n) is 7.92. The smallest absolute Gasteiger partial charge is 0.352 e. The summed E-state index contributed by atoms with van der Waals surface area (Å²) in [5.41, 5.74) is -2.66. The van der Waals surface area contributed by atoms with Crippen molar-refractivity contribution in [2.75, 3.05) is 31.1 Å². The number of nitrogens with one attached hydrogen (secondary N) is 3. The molecule has 22 nitrogen and oxygen atoms in total. The predicted octanol–water partition coefficient (Wildman–Crippen LogP) is -2.79. The van der Waals surface area contributed by atoms with Crippen LogP contribution in [-0.4, -0.2) is 146 Å². The number of imide groups is 1. The molecule has 24 heteroatoms. The van der Waals surface area contributed by atoms with Gasteiger partial charge in [-0.15, -0.1) is 16.9 Å². The Morgan fingerprint density at radius 3 is 2.51 bits per heavy atom. The fourth-order valence-electron chi connectivity index (χ4n) is 5.44. The van der Waals surface area contributed by atoms with Gasteiger partial charge in [-0.3, -0.25) is 38.6 Å². The maximum Gasteiger partial charge on any atom is 0.352 e. The van der Waals surface area contributed by atoms with Crippen LogP contribution in [0.5, 0.6) is 11.5 Å². The van der Waals surface area contributed by atoms with E-state index in [4.69, 9.17) is 5.11 Å². The second-order valence-corrected chi connectivity index (χ2v) is 12.9. The maximum absolute atomic E-state index is 13.9. The Hall–Kier alpha value is -5.91. The Morgan fingerprint density at radius 2 is 1.86 bits per heavy atom. The summed E-state index contributed by atoms with van der Waals surface area (Å²) in [6.07, 6.45) is 0.103. The van der Waals surface area contributed by atoms with Gasteiger partial charge < -0.3 is 41.3 Å². The second kappa shape index (κ2) is 14.5. The Balaban J connectivity index is 1.41. The van der Waals surface area contributed by atoms with Crippen molar-refractivity contribution in [1.82, 2.24) is 50.9 Å². The highest BCUT2D eigenvalue weighted by Gasteiger charge is 2.66. The molecule has 7 N–H and O–H groups in total. The number of amides is 7. The molecule has 270 valence electrons. The molecule has 2 saturated heterocycles. The molecular formula is C27H28N10O12S2. The number of hydrogen-bond donors (Lipinski definition) is 7. The highest BCUT2D eigenvalue weighted by molar-refractivity contribution is 8.01. The third kappa shape index (κ3) is 6.81. The van der Waals surface area contributed by atoms with E-state index in [0.717, 1.165) is 51.3 Å². The molecule has 3 atom stereocenters. The predicted molar refractivity (Wildman–Crippen MR) is 169 cm³/mol. The highest BCUT2D eigenvalue weighted by atomic mass is 32.2. The summed E-state index contributed by atoms with van der Waals surface area (Å²) in [6.45, 7) is 1.08. The minimum Gasteiger partial charge on any atom is -0.504 e. The number of urea groups is 1. The first kappa shape index (κ1) is 36.4. The number of phenols is 2. The zero-order valence-electron chi connectivity index (χ0n) is 26.2. The molecule has 0 bridgehead atoms. The van der Waals surface area contributed by atoms with Crippen LogP contribution in [0.25, 0.3) is 0 Å². The van der Waals surface area contributed by atoms with Gasteiger partial charge in [-0.05, 0) is 40.6 Å². The topological polar surface area (TPSA) is 307 Å². The van der Waals surface area contributed by atoms with Gasteiger partial charge in [0.25, 0.3) is 5.91 Å². The van der Waals surface area contributed by atoms with E-state index in [9.17, 15) is 53.7 Å². The number of rotatable bonds is 13. The summed E-state index contributed by atoms with van der Waals surface area (Å²) in [7, 11) is 0. The van der Waals surface area contributed by atoms with E-state index < -0.39 is 82.4 Å². The lowest BCUT2D eigenvalue weighted by Crippen LogP contribution is -2.85.